The quantitative estimate of drug-likeness (QED) is 0.412. The van der Waals surface area contributed by atoms with Crippen LogP contribution in [-0.2, 0) is 0 Å². The van der Waals surface area contributed by atoms with E-state index in [1.54, 1.807) is 5.57 Å². The van der Waals surface area contributed by atoms with Crippen LogP contribution in [-0.4, -0.2) is 17.8 Å². The maximum Gasteiger partial charge on any atom is 0.0594 e. The van der Waals surface area contributed by atoms with Crippen LogP contribution in [0.25, 0.3) is 0 Å². The van der Waals surface area contributed by atoms with Crippen molar-refractivity contribution >= 4 is 0 Å². The van der Waals surface area contributed by atoms with Crippen LogP contribution >= 0.6 is 0 Å². The van der Waals surface area contributed by atoms with Crippen molar-refractivity contribution in [3.8, 4) is 0 Å². The maximum absolute atomic E-state index is 10.9. The van der Waals surface area contributed by atoms with E-state index < -0.39 is 0 Å². The topological polar surface area (TPSA) is 46.2 Å². The fourth-order valence-electron chi connectivity index (χ4n) is 9.57. The summed E-state index contributed by atoms with van der Waals surface area (Å²) in [7, 11) is 0. The first kappa shape index (κ1) is 25.7. The third-order valence-electron chi connectivity index (χ3n) is 13.0. The van der Waals surface area contributed by atoms with Gasteiger partial charge in [-0.1, -0.05) is 73.5 Å². The van der Waals surface area contributed by atoms with Gasteiger partial charge in [-0.05, 0) is 115 Å². The largest absolute Gasteiger partial charge is 0.393 e. The van der Waals surface area contributed by atoms with Crippen molar-refractivity contribution in [2.24, 2.45) is 50.1 Å². The van der Waals surface area contributed by atoms with E-state index in [9.17, 15) is 5.11 Å². The average molecular weight is 458 g/mol. The molecule has 4 aliphatic rings. The fraction of sp³-hybridized carbons (Fsp3) is 0.935. The van der Waals surface area contributed by atoms with Crippen molar-refractivity contribution < 1.29 is 5.11 Å². The molecule has 0 unspecified atom stereocenters. The van der Waals surface area contributed by atoms with Gasteiger partial charge in [0.1, 0.15) is 0 Å². The van der Waals surface area contributed by atoms with Crippen molar-refractivity contribution in [1.82, 2.24) is 0 Å². The Morgan fingerprint density at radius 2 is 1.70 bits per heavy atom. The summed E-state index contributed by atoms with van der Waals surface area (Å²) in [6.45, 7) is 20.6. The maximum atomic E-state index is 10.9. The Balaban J connectivity index is 1.64. The van der Waals surface area contributed by atoms with Crippen molar-refractivity contribution in [2.45, 2.75) is 132 Å². The van der Waals surface area contributed by atoms with Gasteiger partial charge < -0.3 is 10.8 Å². The van der Waals surface area contributed by atoms with E-state index >= 15 is 0 Å². The standard InChI is InChI=1S/C31H55NO/c1-9-26(2,3)16-18-31(21-32)19-17-29(7)22(20-31)10-11-24-28(6)14-13-25(33)27(4,5)23(28)12-15-30(24,29)8/h10,23-25,33H,9,11-21,32H2,1-8H3/t23-,24+,25-,28-,29+,30+,31-/m0/s1. The molecule has 0 amide bonds. The fourth-order valence-corrected chi connectivity index (χ4v) is 9.57. The van der Waals surface area contributed by atoms with Crippen molar-refractivity contribution in [1.29, 1.82) is 0 Å². The molecule has 7 atom stereocenters. The predicted molar refractivity (Wildman–Crippen MR) is 141 cm³/mol. The van der Waals surface area contributed by atoms with E-state index in [0.717, 1.165) is 18.9 Å². The molecular weight excluding hydrogens is 402 g/mol. The van der Waals surface area contributed by atoms with E-state index in [1.807, 2.05) is 0 Å². The zero-order chi connectivity index (χ0) is 24.5. The van der Waals surface area contributed by atoms with Gasteiger partial charge in [0, 0.05) is 0 Å². The summed E-state index contributed by atoms with van der Waals surface area (Å²) in [6, 6.07) is 0. The molecule has 3 fully saturated rings. The lowest BCUT2D eigenvalue weighted by Gasteiger charge is -2.70. The summed E-state index contributed by atoms with van der Waals surface area (Å²) in [6.07, 6.45) is 16.2. The summed E-state index contributed by atoms with van der Waals surface area (Å²) in [5, 5.41) is 10.9. The number of aliphatic hydroxyl groups excluding tert-OH is 1. The number of nitrogens with two attached hydrogens (primary N) is 1. The Morgan fingerprint density at radius 1 is 1.00 bits per heavy atom. The molecule has 0 saturated heterocycles. The molecule has 0 bridgehead atoms. The molecule has 2 heteroatoms. The normalized spacial score (nSPS) is 47.2. The second-order valence-electron chi connectivity index (χ2n) is 15.1. The van der Waals surface area contributed by atoms with E-state index in [4.69, 9.17) is 5.73 Å². The highest BCUT2D eigenvalue weighted by atomic mass is 16.3. The molecular formula is C31H55NO. The van der Waals surface area contributed by atoms with Crippen molar-refractivity contribution in [3.63, 3.8) is 0 Å². The summed E-state index contributed by atoms with van der Waals surface area (Å²) in [5.41, 5.74) is 10.1. The lowest BCUT2D eigenvalue weighted by molar-refractivity contribution is -0.198. The van der Waals surface area contributed by atoms with Gasteiger partial charge in [0.05, 0.1) is 6.10 Å². The van der Waals surface area contributed by atoms with Crippen molar-refractivity contribution in [2.75, 3.05) is 6.54 Å². The zero-order valence-corrected chi connectivity index (χ0v) is 23.3. The molecule has 3 N–H and O–H groups in total. The van der Waals surface area contributed by atoms with Crippen LogP contribution in [0.4, 0.5) is 0 Å². The Hall–Kier alpha value is -0.340. The first-order chi connectivity index (χ1) is 15.2. The summed E-state index contributed by atoms with van der Waals surface area (Å²) in [5.74, 6) is 1.36. The minimum atomic E-state index is -0.141. The lowest BCUT2D eigenvalue weighted by atomic mass is 9.35. The Kier molecular flexibility index (Phi) is 6.31. The number of fused-ring (bicyclic) bond motifs is 5. The summed E-state index contributed by atoms with van der Waals surface area (Å²) in [4.78, 5) is 0. The zero-order valence-electron chi connectivity index (χ0n) is 23.3. The van der Waals surface area contributed by atoms with Crippen LogP contribution in [0, 0.1) is 44.3 Å². The predicted octanol–water partition coefficient (Wildman–Crippen LogP) is 7.89. The SMILES string of the molecule is CCC(C)(C)CC[C@]1(CN)CC[C@]2(C)C(=CC[C@@H]3[C@@]4(C)CC[C@H](O)C(C)(C)[C@@H]4CC[C@]32C)C1. The second kappa shape index (κ2) is 8.09. The highest BCUT2D eigenvalue weighted by molar-refractivity contribution is 5.30. The van der Waals surface area contributed by atoms with Crippen LogP contribution in [0.15, 0.2) is 11.6 Å². The first-order valence-corrected chi connectivity index (χ1v) is 14.3. The number of rotatable bonds is 5. The third-order valence-corrected chi connectivity index (χ3v) is 13.0. The minimum Gasteiger partial charge on any atom is -0.393 e. The average Bonchev–Trinajstić information content (AvgIpc) is 2.76. The van der Waals surface area contributed by atoms with Gasteiger partial charge in [-0.2, -0.15) is 0 Å². The Labute approximate surface area is 205 Å². The van der Waals surface area contributed by atoms with E-state index in [1.165, 1.54) is 64.2 Å². The van der Waals surface area contributed by atoms with Crippen LogP contribution in [0.1, 0.15) is 126 Å². The van der Waals surface area contributed by atoms with Gasteiger partial charge in [0.2, 0.25) is 0 Å². The second-order valence-corrected chi connectivity index (χ2v) is 15.1. The van der Waals surface area contributed by atoms with Crippen molar-refractivity contribution in [3.05, 3.63) is 11.6 Å². The molecule has 0 spiro atoms. The molecule has 33 heavy (non-hydrogen) atoms. The summed E-state index contributed by atoms with van der Waals surface area (Å²) < 4.78 is 0. The highest BCUT2D eigenvalue weighted by Crippen LogP contribution is 2.73. The molecule has 3 saturated carbocycles. The molecule has 4 rings (SSSR count). The monoisotopic (exact) mass is 457 g/mol. The van der Waals surface area contributed by atoms with Crippen LogP contribution in [0.3, 0.4) is 0 Å². The van der Waals surface area contributed by atoms with Gasteiger partial charge in [0.25, 0.3) is 0 Å². The molecule has 0 aliphatic heterocycles. The van der Waals surface area contributed by atoms with E-state index in [0.29, 0.717) is 33.0 Å². The number of hydrogen-bond acceptors (Lipinski definition) is 2. The molecule has 190 valence electrons. The first-order valence-electron chi connectivity index (χ1n) is 14.3. The molecule has 0 heterocycles. The number of aliphatic hydroxyl groups is 1. The number of allylic oxidation sites excluding steroid dienone is 2. The number of hydrogen-bond donors (Lipinski definition) is 2. The minimum absolute atomic E-state index is 0.0343. The Morgan fingerprint density at radius 3 is 2.33 bits per heavy atom. The highest BCUT2D eigenvalue weighted by Gasteiger charge is 2.66. The summed E-state index contributed by atoms with van der Waals surface area (Å²) >= 11 is 0. The van der Waals surface area contributed by atoms with Gasteiger partial charge in [-0.25, -0.2) is 0 Å². The molecule has 0 aromatic carbocycles. The Bertz CT molecular complexity index is 782. The van der Waals surface area contributed by atoms with Gasteiger partial charge in [0.15, 0.2) is 0 Å². The molecule has 2 nitrogen and oxygen atoms in total. The van der Waals surface area contributed by atoms with E-state index in [2.05, 4.69) is 61.5 Å². The van der Waals surface area contributed by atoms with Crippen LogP contribution < -0.4 is 5.73 Å². The smallest absolute Gasteiger partial charge is 0.0594 e. The molecule has 0 aromatic heterocycles. The molecule has 4 aliphatic carbocycles. The van der Waals surface area contributed by atoms with Crippen LogP contribution in [0.2, 0.25) is 0 Å². The third kappa shape index (κ3) is 3.71. The van der Waals surface area contributed by atoms with Crippen LogP contribution in [0.5, 0.6) is 0 Å². The van der Waals surface area contributed by atoms with Gasteiger partial charge >= 0.3 is 0 Å². The van der Waals surface area contributed by atoms with Gasteiger partial charge in [-0.3, -0.25) is 0 Å². The van der Waals surface area contributed by atoms with E-state index in [-0.39, 0.29) is 11.5 Å². The van der Waals surface area contributed by atoms with Gasteiger partial charge in [-0.15, -0.1) is 0 Å². The molecule has 0 radical (unpaired) electrons. The molecule has 0 aromatic rings. The lowest BCUT2D eigenvalue weighted by Crippen LogP contribution is -2.63.